The van der Waals surface area contributed by atoms with Gasteiger partial charge in [0.05, 0.1) is 25.4 Å². The van der Waals surface area contributed by atoms with Crippen LogP contribution in [0.25, 0.3) is 0 Å². The van der Waals surface area contributed by atoms with Crippen LogP contribution >= 0.6 is 12.6 Å². The van der Waals surface area contributed by atoms with Crippen LogP contribution in [0.4, 0.5) is 0 Å². The van der Waals surface area contributed by atoms with E-state index in [-0.39, 0.29) is 61.8 Å². The van der Waals surface area contributed by atoms with Crippen molar-refractivity contribution < 1.29 is 72.9 Å². The fourth-order valence-electron chi connectivity index (χ4n) is 2.82. The summed E-state index contributed by atoms with van der Waals surface area (Å²) in [5, 5.41) is 5.70. The van der Waals surface area contributed by atoms with Crippen LogP contribution in [-0.2, 0) is 34.0 Å². The van der Waals surface area contributed by atoms with Crippen molar-refractivity contribution in [3.63, 3.8) is 0 Å². The van der Waals surface area contributed by atoms with Crippen LogP contribution in [0.15, 0.2) is 0 Å². The average Bonchev–Trinajstić information content (AvgIpc) is 2.77. The predicted octanol–water partition coefficient (Wildman–Crippen LogP) is 1.27. The van der Waals surface area contributed by atoms with Crippen LogP contribution in [0.3, 0.4) is 0 Å². The van der Waals surface area contributed by atoms with E-state index in [2.05, 4.69) is 26.5 Å². The van der Waals surface area contributed by atoms with Crippen molar-refractivity contribution in [1.29, 1.82) is 0 Å². The van der Waals surface area contributed by atoms with E-state index in [1.807, 2.05) is 13.8 Å². The molecule has 0 fully saturated rings. The zero-order valence-electron chi connectivity index (χ0n) is 22.3. The number of thiol groups is 1. The molecule has 0 saturated heterocycles. The van der Waals surface area contributed by atoms with Crippen molar-refractivity contribution in [2.24, 2.45) is 11.8 Å². The Labute approximate surface area is 234 Å². The van der Waals surface area contributed by atoms with E-state index in [0.717, 1.165) is 51.4 Å². The van der Waals surface area contributed by atoms with Crippen LogP contribution in [0.5, 0.6) is 0 Å². The number of esters is 2. The van der Waals surface area contributed by atoms with Crippen LogP contribution in [0.1, 0.15) is 86.9 Å². The molecule has 0 saturated carbocycles. The number of hydrogen-bond acceptors (Lipinski definition) is 8. The zero-order chi connectivity index (χ0) is 25.9. The minimum atomic E-state index is -4.76. The van der Waals surface area contributed by atoms with Gasteiger partial charge < -0.3 is 16.0 Å². The number of hydrogen-bond donors (Lipinski definition) is 3. The molecule has 0 heterocycles. The Balaban J connectivity index is -0.000000619. The van der Waals surface area contributed by atoms with Gasteiger partial charge in [0.25, 0.3) is 10.1 Å². The molecule has 12 heteroatoms. The Morgan fingerprint density at radius 2 is 1.32 bits per heavy atom. The van der Waals surface area contributed by atoms with Crippen LogP contribution in [0.2, 0.25) is 0 Å². The zero-order valence-corrected chi connectivity index (χ0v) is 25.0. The first kappa shape index (κ1) is 38.2. The molecule has 0 aromatic rings. The Bertz CT molecular complexity index is 663. The van der Waals surface area contributed by atoms with E-state index >= 15 is 0 Å². The molecule has 0 aliphatic carbocycles. The summed E-state index contributed by atoms with van der Waals surface area (Å²) in [5.74, 6) is -2.57. The molecule has 0 aromatic carbocycles. The molecule has 0 amide bonds. The first-order valence-corrected chi connectivity index (χ1v) is 13.7. The summed E-state index contributed by atoms with van der Waals surface area (Å²) in [7, 11) is -4.76. The van der Waals surface area contributed by atoms with Crippen molar-refractivity contribution in [2.75, 3.05) is 19.0 Å². The van der Waals surface area contributed by atoms with Gasteiger partial charge in [-0.1, -0.05) is 66.2 Å². The van der Waals surface area contributed by atoms with E-state index < -0.39 is 39.7 Å². The molecule has 3 atom stereocenters. The summed E-state index contributed by atoms with van der Waals surface area (Å²) in [6, 6.07) is 0. The second kappa shape index (κ2) is 23.1. The van der Waals surface area contributed by atoms with E-state index in [9.17, 15) is 27.4 Å². The molecule has 9 nitrogen and oxygen atoms in total. The number of carboxylic acid groups (broad SMARTS) is 1. The first-order chi connectivity index (χ1) is 15.5. The van der Waals surface area contributed by atoms with Gasteiger partial charge in [-0.2, -0.15) is 21.0 Å². The van der Waals surface area contributed by atoms with E-state index in [0.29, 0.717) is 0 Å². The van der Waals surface area contributed by atoms with Gasteiger partial charge in [0.15, 0.2) is 5.25 Å². The number of ether oxygens (including phenoxy) is 2. The predicted molar refractivity (Wildman–Crippen MR) is 131 cm³/mol. The third kappa shape index (κ3) is 21.0. The van der Waals surface area contributed by atoms with Gasteiger partial charge >= 0.3 is 47.5 Å². The smallest absolute Gasteiger partial charge is 1.00 e. The van der Waals surface area contributed by atoms with Gasteiger partial charge in [0.2, 0.25) is 0 Å². The third-order valence-corrected chi connectivity index (χ3v) is 6.49. The van der Waals surface area contributed by atoms with Gasteiger partial charge in [-0.15, -0.1) is 0 Å². The summed E-state index contributed by atoms with van der Waals surface area (Å²) in [4.78, 5) is 33.5. The molecule has 0 radical (unpaired) electrons. The minimum Gasteiger partial charge on any atom is -1.00 e. The minimum absolute atomic E-state index is 0. The maximum Gasteiger partial charge on any atom is 1.00 e. The molecule has 0 spiro atoms. The molecule has 0 aromatic heterocycles. The third-order valence-electron chi connectivity index (χ3n) is 5.14. The molecule has 0 bridgehead atoms. The Morgan fingerprint density at radius 3 is 1.65 bits per heavy atom. The van der Waals surface area contributed by atoms with Crippen LogP contribution in [-0.4, -0.2) is 60.2 Å². The van der Waals surface area contributed by atoms with Gasteiger partial charge in [-0.25, -0.2) is 0 Å². The maximum atomic E-state index is 12.2. The second-order valence-electron chi connectivity index (χ2n) is 7.91. The van der Waals surface area contributed by atoms with Gasteiger partial charge in [-0.3, -0.25) is 18.9 Å². The fourth-order valence-corrected chi connectivity index (χ4v) is 3.48. The molecule has 0 rings (SSSR count). The summed E-state index contributed by atoms with van der Waals surface area (Å²) in [6.07, 6.45) is 6.74. The van der Waals surface area contributed by atoms with Gasteiger partial charge in [-0.05, 0) is 24.7 Å². The van der Waals surface area contributed by atoms with Crippen LogP contribution in [0, 0.1) is 11.8 Å². The van der Waals surface area contributed by atoms with E-state index in [4.69, 9.17) is 14.6 Å². The maximum absolute atomic E-state index is 12.2. The standard InChI is InChI=1S/C20H38O7S.C2H4O2S.Na.H/c1-5-9-11-16(7-3)14-26-19(21)13-18(28(23,24)25)20(22)27-15-17(8-4)12-10-6-2;3-2(4)1-5;;/h16-18H,5-15H2,1-4H3,(H,23,24,25);5H,1H2,(H,3,4);;/q;;+1;-1. The average molecular weight is 539 g/mol. The summed E-state index contributed by atoms with van der Waals surface area (Å²) < 4.78 is 42.8. The molecule has 0 aliphatic rings. The van der Waals surface area contributed by atoms with Crippen molar-refractivity contribution in [1.82, 2.24) is 0 Å². The quantitative estimate of drug-likeness (QED) is 0.108. The van der Waals surface area contributed by atoms with Gasteiger partial charge in [0.1, 0.15) is 0 Å². The summed E-state index contributed by atoms with van der Waals surface area (Å²) in [6.45, 7) is 8.35. The number of carbonyl (C=O) groups excluding carboxylic acids is 2. The number of carbonyl (C=O) groups is 3. The van der Waals surface area contributed by atoms with Gasteiger partial charge in [0, 0.05) is 0 Å². The monoisotopic (exact) mass is 538 g/mol. The Morgan fingerprint density at radius 1 is 0.912 bits per heavy atom. The molecular weight excluding hydrogens is 495 g/mol. The molecule has 3 unspecified atom stereocenters. The van der Waals surface area contributed by atoms with Crippen molar-refractivity contribution in [2.45, 2.75) is 90.7 Å². The summed E-state index contributed by atoms with van der Waals surface area (Å²) >= 11 is 3.42. The number of unbranched alkanes of at least 4 members (excludes halogenated alkanes) is 2. The summed E-state index contributed by atoms with van der Waals surface area (Å²) in [5.41, 5.74) is 0. The Hall–Kier alpha value is -0.330. The number of rotatable bonds is 17. The molecule has 198 valence electrons. The molecule has 2 N–H and O–H groups in total. The van der Waals surface area contributed by atoms with E-state index in [1.165, 1.54) is 0 Å². The molecule has 34 heavy (non-hydrogen) atoms. The molecular formula is C22H43NaO9S2. The Kier molecular flexibility index (Phi) is 25.9. The first-order valence-electron chi connectivity index (χ1n) is 11.6. The topological polar surface area (TPSA) is 144 Å². The SMILES string of the molecule is CCCCC(CC)COC(=O)CC(C(=O)OCC(CC)CCCC)S(=O)(=O)O.O=C(O)CS.[H-].[Na+]. The normalized spacial score (nSPS) is 13.4. The largest absolute Gasteiger partial charge is 1.00 e. The number of aliphatic carboxylic acids is 1. The fraction of sp³-hybridized carbons (Fsp3) is 0.864. The molecule has 0 aliphatic heterocycles. The van der Waals surface area contributed by atoms with Crippen molar-refractivity contribution in [3.05, 3.63) is 0 Å². The van der Waals surface area contributed by atoms with E-state index in [1.54, 1.807) is 0 Å². The van der Waals surface area contributed by atoms with Crippen molar-refractivity contribution >= 4 is 40.7 Å². The van der Waals surface area contributed by atoms with Crippen LogP contribution < -0.4 is 29.6 Å². The number of carboxylic acids is 1. The van der Waals surface area contributed by atoms with Crippen molar-refractivity contribution in [3.8, 4) is 0 Å². The second-order valence-corrected chi connectivity index (χ2v) is 9.82.